The third-order valence-corrected chi connectivity index (χ3v) is 2.74. The Labute approximate surface area is 82.3 Å². The van der Waals surface area contributed by atoms with Gasteiger partial charge in [-0.1, -0.05) is 5.21 Å². The van der Waals surface area contributed by atoms with Crippen LogP contribution in [-0.2, 0) is 13.5 Å². The van der Waals surface area contributed by atoms with Crippen LogP contribution in [0.5, 0.6) is 0 Å². The molecule has 0 spiro atoms. The fourth-order valence-corrected chi connectivity index (χ4v) is 1.97. The van der Waals surface area contributed by atoms with Crippen molar-refractivity contribution in [1.29, 1.82) is 0 Å². The van der Waals surface area contributed by atoms with E-state index in [1.165, 1.54) is 0 Å². The number of nitrogens with two attached hydrogens (primary N) is 1. The molecular weight excluding hydrogens is 180 g/mol. The van der Waals surface area contributed by atoms with E-state index in [1.807, 2.05) is 7.05 Å². The van der Waals surface area contributed by atoms with Crippen molar-refractivity contribution < 1.29 is 4.79 Å². The van der Waals surface area contributed by atoms with Gasteiger partial charge in [0.1, 0.15) is 0 Å². The summed E-state index contributed by atoms with van der Waals surface area (Å²) in [5.74, 6) is 0.481. The molecule has 2 rings (SSSR count). The maximum absolute atomic E-state index is 11.6. The van der Waals surface area contributed by atoms with Crippen molar-refractivity contribution in [2.75, 3.05) is 6.54 Å². The van der Waals surface area contributed by atoms with Gasteiger partial charge in [0, 0.05) is 13.5 Å². The Hall–Kier alpha value is -1.23. The quantitative estimate of drug-likeness (QED) is 0.714. The molecule has 1 heterocycles. The summed E-state index contributed by atoms with van der Waals surface area (Å²) in [6.07, 6.45) is 2.35. The van der Waals surface area contributed by atoms with Gasteiger partial charge in [-0.15, -0.1) is 5.10 Å². The molecule has 0 aromatic carbocycles. The van der Waals surface area contributed by atoms with E-state index in [-0.39, 0.29) is 5.78 Å². The number of ketones is 1. The summed E-state index contributed by atoms with van der Waals surface area (Å²) in [4.78, 5) is 11.6. The summed E-state index contributed by atoms with van der Waals surface area (Å²) in [5, 5.41) is 7.72. The fraction of sp³-hybridized carbons (Fsp3) is 0.667. The van der Waals surface area contributed by atoms with Crippen LogP contribution in [0.25, 0.3) is 0 Å². The van der Waals surface area contributed by atoms with Gasteiger partial charge in [-0.05, 0) is 25.3 Å². The van der Waals surface area contributed by atoms with Crippen LogP contribution in [-0.4, -0.2) is 27.3 Å². The lowest BCUT2D eigenvalue weighted by Crippen LogP contribution is -2.23. The number of Topliss-reactive ketones (excluding diaryl/α,β-unsaturated/α-hetero) is 1. The number of carbonyl (C=O) groups is 1. The van der Waals surface area contributed by atoms with Crippen LogP contribution >= 0.6 is 0 Å². The zero-order chi connectivity index (χ0) is 10.1. The molecule has 0 saturated heterocycles. The number of hydrogen-bond acceptors (Lipinski definition) is 4. The first kappa shape index (κ1) is 9.33. The SMILES string of the molecule is Cn1nnc2c1CC(CCN)CC2=O. The van der Waals surface area contributed by atoms with Crippen LogP contribution in [0.2, 0.25) is 0 Å². The molecule has 0 fully saturated rings. The molecule has 1 unspecified atom stereocenters. The maximum Gasteiger partial charge on any atom is 0.185 e. The largest absolute Gasteiger partial charge is 0.330 e. The number of aryl methyl sites for hydroxylation is 1. The average molecular weight is 194 g/mol. The van der Waals surface area contributed by atoms with Crippen LogP contribution in [0.4, 0.5) is 0 Å². The Morgan fingerprint density at radius 1 is 1.57 bits per heavy atom. The highest BCUT2D eigenvalue weighted by Crippen LogP contribution is 2.25. The van der Waals surface area contributed by atoms with Gasteiger partial charge in [0.25, 0.3) is 0 Å². The predicted octanol–water partition coefficient (Wildman–Crippen LogP) is -0.0910. The van der Waals surface area contributed by atoms with Crippen molar-refractivity contribution in [3.05, 3.63) is 11.4 Å². The lowest BCUT2D eigenvalue weighted by atomic mass is 9.86. The van der Waals surface area contributed by atoms with E-state index < -0.39 is 0 Å². The normalized spacial score (nSPS) is 21.0. The lowest BCUT2D eigenvalue weighted by molar-refractivity contribution is 0.0941. The molecular formula is C9H14N4O. The van der Waals surface area contributed by atoms with E-state index in [0.29, 0.717) is 24.6 Å². The Kier molecular flexibility index (Phi) is 2.33. The highest BCUT2D eigenvalue weighted by molar-refractivity contribution is 5.96. The molecule has 1 aliphatic rings. The highest BCUT2D eigenvalue weighted by atomic mass is 16.1. The molecule has 5 heteroatoms. The molecule has 1 aromatic rings. The molecule has 76 valence electrons. The van der Waals surface area contributed by atoms with Crippen molar-refractivity contribution in [3.63, 3.8) is 0 Å². The Balaban J connectivity index is 2.26. The van der Waals surface area contributed by atoms with E-state index in [1.54, 1.807) is 4.68 Å². The molecule has 1 aliphatic carbocycles. The van der Waals surface area contributed by atoms with Gasteiger partial charge in [0.05, 0.1) is 5.69 Å². The number of nitrogens with zero attached hydrogens (tertiary/aromatic N) is 3. The molecule has 0 aliphatic heterocycles. The van der Waals surface area contributed by atoms with E-state index >= 15 is 0 Å². The summed E-state index contributed by atoms with van der Waals surface area (Å²) in [6.45, 7) is 0.637. The van der Waals surface area contributed by atoms with E-state index in [0.717, 1.165) is 18.5 Å². The summed E-state index contributed by atoms with van der Waals surface area (Å²) < 4.78 is 1.69. The van der Waals surface area contributed by atoms with Crippen molar-refractivity contribution in [2.24, 2.45) is 18.7 Å². The van der Waals surface area contributed by atoms with Crippen LogP contribution in [0.3, 0.4) is 0 Å². The van der Waals surface area contributed by atoms with Gasteiger partial charge >= 0.3 is 0 Å². The maximum atomic E-state index is 11.6. The molecule has 0 amide bonds. The summed E-state index contributed by atoms with van der Waals surface area (Å²) in [5.41, 5.74) is 7.00. The van der Waals surface area contributed by atoms with Gasteiger partial charge in [-0.2, -0.15) is 0 Å². The van der Waals surface area contributed by atoms with Gasteiger partial charge in [0.15, 0.2) is 11.5 Å². The average Bonchev–Trinajstić information content (AvgIpc) is 2.49. The number of carbonyl (C=O) groups excluding carboxylic acids is 1. The number of fused-ring (bicyclic) bond motifs is 1. The van der Waals surface area contributed by atoms with Crippen LogP contribution < -0.4 is 5.73 Å². The van der Waals surface area contributed by atoms with Crippen molar-refractivity contribution >= 4 is 5.78 Å². The first-order valence-electron chi connectivity index (χ1n) is 4.84. The molecule has 14 heavy (non-hydrogen) atoms. The standard InChI is InChI=1S/C9H14N4O/c1-13-7-4-6(2-3-10)5-8(14)9(7)11-12-13/h6H,2-5,10H2,1H3. The number of aromatic nitrogens is 3. The second-order valence-corrected chi connectivity index (χ2v) is 3.78. The van der Waals surface area contributed by atoms with Crippen molar-refractivity contribution in [1.82, 2.24) is 15.0 Å². The summed E-state index contributed by atoms with van der Waals surface area (Å²) in [7, 11) is 1.82. The lowest BCUT2D eigenvalue weighted by Gasteiger charge is -2.19. The van der Waals surface area contributed by atoms with Gasteiger partial charge in [-0.25, -0.2) is 0 Å². The molecule has 2 N–H and O–H groups in total. The van der Waals surface area contributed by atoms with E-state index in [9.17, 15) is 4.79 Å². The summed E-state index contributed by atoms with van der Waals surface area (Å²) in [6, 6.07) is 0. The molecule has 0 radical (unpaired) electrons. The zero-order valence-electron chi connectivity index (χ0n) is 8.23. The minimum absolute atomic E-state index is 0.109. The van der Waals surface area contributed by atoms with Gasteiger partial charge < -0.3 is 5.73 Å². The summed E-state index contributed by atoms with van der Waals surface area (Å²) >= 11 is 0. The van der Waals surface area contributed by atoms with Crippen LogP contribution in [0, 0.1) is 5.92 Å². The fourth-order valence-electron chi connectivity index (χ4n) is 1.97. The highest BCUT2D eigenvalue weighted by Gasteiger charge is 2.28. The first-order valence-corrected chi connectivity index (χ1v) is 4.84. The topological polar surface area (TPSA) is 73.8 Å². The predicted molar refractivity (Wildman–Crippen MR) is 50.8 cm³/mol. The third-order valence-electron chi connectivity index (χ3n) is 2.74. The number of rotatable bonds is 2. The monoisotopic (exact) mass is 194 g/mol. The van der Waals surface area contributed by atoms with Gasteiger partial charge in [0.2, 0.25) is 0 Å². The Morgan fingerprint density at radius 3 is 3.07 bits per heavy atom. The molecule has 0 saturated carbocycles. The van der Waals surface area contributed by atoms with E-state index in [2.05, 4.69) is 10.3 Å². The third kappa shape index (κ3) is 1.43. The Morgan fingerprint density at radius 2 is 2.36 bits per heavy atom. The first-order chi connectivity index (χ1) is 6.72. The second kappa shape index (κ2) is 3.49. The van der Waals surface area contributed by atoms with Gasteiger partial charge in [-0.3, -0.25) is 9.48 Å². The van der Waals surface area contributed by atoms with Crippen molar-refractivity contribution in [2.45, 2.75) is 19.3 Å². The minimum atomic E-state index is 0.109. The molecule has 1 aromatic heterocycles. The van der Waals surface area contributed by atoms with Crippen LogP contribution in [0.15, 0.2) is 0 Å². The minimum Gasteiger partial charge on any atom is -0.330 e. The Bertz CT molecular complexity index is 358. The van der Waals surface area contributed by atoms with Crippen molar-refractivity contribution in [3.8, 4) is 0 Å². The second-order valence-electron chi connectivity index (χ2n) is 3.78. The smallest absolute Gasteiger partial charge is 0.185 e. The zero-order valence-corrected chi connectivity index (χ0v) is 8.23. The molecule has 0 bridgehead atoms. The molecule has 1 atom stereocenters. The van der Waals surface area contributed by atoms with E-state index in [4.69, 9.17) is 5.73 Å². The molecule has 5 nitrogen and oxygen atoms in total. The number of hydrogen-bond donors (Lipinski definition) is 1. The van der Waals surface area contributed by atoms with Crippen LogP contribution in [0.1, 0.15) is 29.0 Å².